The average Bonchev–Trinajstić information content (AvgIpc) is 3.44. The van der Waals surface area contributed by atoms with Gasteiger partial charge in [0.2, 0.25) is 29.4 Å². The van der Waals surface area contributed by atoms with Crippen molar-refractivity contribution in [2.75, 3.05) is 32.7 Å². The summed E-state index contributed by atoms with van der Waals surface area (Å²) in [4.78, 5) is 44.9. The lowest BCUT2D eigenvalue weighted by molar-refractivity contribution is -0.138. The summed E-state index contributed by atoms with van der Waals surface area (Å²) in [5.74, 6) is 0.934. The van der Waals surface area contributed by atoms with Gasteiger partial charge in [-0.3, -0.25) is 14.4 Å². The van der Waals surface area contributed by atoms with Gasteiger partial charge >= 0.3 is 0 Å². The fourth-order valence-electron chi connectivity index (χ4n) is 4.23. The van der Waals surface area contributed by atoms with E-state index in [0.29, 0.717) is 50.7 Å². The third kappa shape index (κ3) is 5.52. The predicted octanol–water partition coefficient (Wildman–Crippen LogP) is 1.96. The van der Waals surface area contributed by atoms with E-state index >= 15 is 0 Å². The van der Waals surface area contributed by atoms with E-state index < -0.39 is 0 Å². The number of rotatable bonds is 4. The number of nitrogens with zero attached hydrogens (tertiary/aromatic N) is 4. The Morgan fingerprint density at radius 2 is 1.91 bits per heavy atom. The van der Waals surface area contributed by atoms with Gasteiger partial charge in [0.1, 0.15) is 0 Å². The van der Waals surface area contributed by atoms with Gasteiger partial charge in [-0.1, -0.05) is 35.5 Å². The minimum absolute atomic E-state index is 0.00419. The summed E-state index contributed by atoms with van der Waals surface area (Å²) in [7, 11) is 0. The fourth-order valence-corrected chi connectivity index (χ4v) is 4.23. The molecule has 0 aliphatic carbocycles. The molecule has 1 aromatic heterocycles. The number of nitrogens with one attached hydrogen (secondary N) is 1. The van der Waals surface area contributed by atoms with Crippen molar-refractivity contribution in [3.63, 3.8) is 0 Å². The Labute approximate surface area is 187 Å². The van der Waals surface area contributed by atoms with Crippen molar-refractivity contribution in [1.29, 1.82) is 0 Å². The highest BCUT2D eigenvalue weighted by molar-refractivity contribution is 5.86. The Bertz CT molecular complexity index is 945. The first kappa shape index (κ1) is 22.0. The lowest BCUT2D eigenvalue weighted by Gasteiger charge is -2.25. The molecule has 9 heteroatoms. The Kier molecular flexibility index (Phi) is 7.14. The van der Waals surface area contributed by atoms with Crippen LogP contribution in [0.1, 0.15) is 50.3 Å². The van der Waals surface area contributed by atoms with E-state index in [2.05, 4.69) is 15.5 Å². The molecule has 1 aromatic carbocycles. The summed E-state index contributed by atoms with van der Waals surface area (Å²) in [5.41, 5.74) is 0.890. The number of benzene rings is 1. The third-order valence-electron chi connectivity index (χ3n) is 6.08. The molecule has 32 heavy (non-hydrogen) atoms. The van der Waals surface area contributed by atoms with Crippen molar-refractivity contribution in [2.45, 2.75) is 44.4 Å². The molecule has 170 valence electrons. The van der Waals surface area contributed by atoms with Gasteiger partial charge in [0, 0.05) is 50.5 Å². The van der Waals surface area contributed by atoms with Gasteiger partial charge in [0.15, 0.2) is 0 Å². The van der Waals surface area contributed by atoms with Crippen molar-refractivity contribution in [1.82, 2.24) is 25.3 Å². The number of carbonyl (C=O) groups excluding carboxylic acids is 3. The van der Waals surface area contributed by atoms with Crippen LogP contribution >= 0.6 is 0 Å². The zero-order valence-electron chi connectivity index (χ0n) is 18.2. The largest absolute Gasteiger partial charge is 0.356 e. The highest BCUT2D eigenvalue weighted by atomic mass is 16.5. The Morgan fingerprint density at radius 1 is 1.06 bits per heavy atom. The molecule has 0 radical (unpaired) electrons. The zero-order chi connectivity index (χ0) is 22.3. The van der Waals surface area contributed by atoms with Crippen LogP contribution in [0.4, 0.5) is 0 Å². The van der Waals surface area contributed by atoms with Crippen molar-refractivity contribution < 1.29 is 18.9 Å². The smallest absolute Gasteiger partial charge is 0.242 e. The fraction of sp³-hybridized carbons (Fsp3) is 0.522. The lowest BCUT2D eigenvalue weighted by atomic mass is 9.99. The Hall–Kier alpha value is -3.23. The number of hydrogen-bond donors (Lipinski definition) is 1. The van der Waals surface area contributed by atoms with Crippen molar-refractivity contribution in [3.8, 4) is 11.4 Å². The quantitative estimate of drug-likeness (QED) is 0.780. The molecule has 1 N–H and O–H groups in total. The van der Waals surface area contributed by atoms with Crippen LogP contribution in [0, 0.1) is 0 Å². The molecular weight excluding hydrogens is 410 g/mol. The second-order valence-corrected chi connectivity index (χ2v) is 8.35. The molecule has 3 heterocycles. The molecule has 3 amide bonds. The van der Waals surface area contributed by atoms with Crippen LogP contribution in [0.25, 0.3) is 11.4 Å². The monoisotopic (exact) mass is 439 g/mol. The number of aromatic nitrogens is 2. The summed E-state index contributed by atoms with van der Waals surface area (Å²) in [6, 6.07) is 9.65. The summed E-state index contributed by atoms with van der Waals surface area (Å²) in [6.07, 6.45) is 3.76. The van der Waals surface area contributed by atoms with Crippen LogP contribution in [0.3, 0.4) is 0 Å². The van der Waals surface area contributed by atoms with E-state index in [1.807, 2.05) is 30.3 Å². The van der Waals surface area contributed by atoms with Crippen LogP contribution in [0.15, 0.2) is 34.9 Å². The molecule has 0 bridgehead atoms. The van der Waals surface area contributed by atoms with Gasteiger partial charge < -0.3 is 19.6 Å². The molecule has 2 fully saturated rings. The van der Waals surface area contributed by atoms with Crippen LogP contribution in [0.2, 0.25) is 0 Å². The first-order chi connectivity index (χ1) is 15.6. The van der Waals surface area contributed by atoms with Crippen LogP contribution in [-0.4, -0.2) is 70.4 Å². The summed E-state index contributed by atoms with van der Waals surface area (Å²) >= 11 is 0. The van der Waals surface area contributed by atoms with E-state index in [-0.39, 0.29) is 36.6 Å². The highest BCUT2D eigenvalue weighted by Crippen LogP contribution is 2.26. The molecule has 1 atom stereocenters. The summed E-state index contributed by atoms with van der Waals surface area (Å²) < 4.78 is 5.56. The molecular formula is C23H29N5O4. The molecule has 2 aliphatic rings. The number of likely N-dealkylation sites (tertiary alicyclic amines) is 1. The molecule has 0 saturated carbocycles. The highest BCUT2D eigenvalue weighted by Gasteiger charge is 2.26. The Balaban J connectivity index is 1.41. The van der Waals surface area contributed by atoms with E-state index in [1.165, 1.54) is 0 Å². The standard InChI is InChI=1S/C23H29N5O4/c29-19-11-15-27(21(31)16-28-14-5-9-20(28)30)13-4-8-18(10-12-24-19)23-25-22(26-32-23)17-6-2-1-3-7-17/h1-3,6-7,18H,4-5,8-16H2,(H,24,29). The molecule has 2 saturated heterocycles. The van der Waals surface area contributed by atoms with Gasteiger partial charge in [-0.05, 0) is 25.7 Å². The van der Waals surface area contributed by atoms with Gasteiger partial charge in [0.25, 0.3) is 0 Å². The van der Waals surface area contributed by atoms with E-state index in [1.54, 1.807) is 9.80 Å². The number of hydrogen-bond acceptors (Lipinski definition) is 6. The average molecular weight is 440 g/mol. The predicted molar refractivity (Wildman–Crippen MR) is 116 cm³/mol. The third-order valence-corrected chi connectivity index (χ3v) is 6.08. The maximum absolute atomic E-state index is 12.8. The first-order valence-electron chi connectivity index (χ1n) is 11.3. The lowest BCUT2D eigenvalue weighted by Crippen LogP contribution is -2.42. The second-order valence-electron chi connectivity index (χ2n) is 8.35. The summed E-state index contributed by atoms with van der Waals surface area (Å²) in [5, 5.41) is 7.05. The van der Waals surface area contributed by atoms with E-state index in [4.69, 9.17) is 4.52 Å². The van der Waals surface area contributed by atoms with E-state index in [0.717, 1.165) is 24.8 Å². The molecule has 9 nitrogen and oxygen atoms in total. The Morgan fingerprint density at radius 3 is 2.69 bits per heavy atom. The van der Waals surface area contributed by atoms with E-state index in [9.17, 15) is 14.4 Å². The zero-order valence-corrected chi connectivity index (χ0v) is 18.2. The minimum Gasteiger partial charge on any atom is -0.356 e. The van der Waals surface area contributed by atoms with Gasteiger partial charge in [0.05, 0.1) is 6.54 Å². The SMILES string of the molecule is O=C1CCN(C(=O)CN2CCCC2=O)CCCC(c2nc(-c3ccccc3)no2)CCN1. The summed E-state index contributed by atoms with van der Waals surface area (Å²) in [6.45, 7) is 2.12. The maximum Gasteiger partial charge on any atom is 0.242 e. The molecule has 1 unspecified atom stereocenters. The maximum atomic E-state index is 12.8. The van der Waals surface area contributed by atoms with Crippen molar-refractivity contribution in [3.05, 3.63) is 36.2 Å². The van der Waals surface area contributed by atoms with Gasteiger partial charge in [-0.15, -0.1) is 0 Å². The topological polar surface area (TPSA) is 109 Å². The van der Waals surface area contributed by atoms with Crippen molar-refractivity contribution >= 4 is 17.7 Å². The normalized spacial score (nSPS) is 20.7. The number of carbonyl (C=O) groups is 3. The van der Waals surface area contributed by atoms with Crippen LogP contribution < -0.4 is 5.32 Å². The van der Waals surface area contributed by atoms with Crippen LogP contribution in [0.5, 0.6) is 0 Å². The number of amides is 3. The minimum atomic E-state index is -0.104. The first-order valence-corrected chi connectivity index (χ1v) is 11.3. The second kappa shape index (κ2) is 10.4. The molecule has 4 rings (SSSR count). The van der Waals surface area contributed by atoms with Gasteiger partial charge in [-0.25, -0.2) is 0 Å². The molecule has 2 aliphatic heterocycles. The van der Waals surface area contributed by atoms with Gasteiger partial charge in [-0.2, -0.15) is 4.98 Å². The molecule has 2 aromatic rings. The molecule has 0 spiro atoms. The van der Waals surface area contributed by atoms with Crippen LogP contribution in [-0.2, 0) is 14.4 Å². The van der Waals surface area contributed by atoms with Crippen molar-refractivity contribution in [2.24, 2.45) is 0 Å².